The van der Waals surface area contributed by atoms with Gasteiger partial charge in [0.15, 0.2) is 0 Å². The Morgan fingerprint density at radius 2 is 1.31 bits per heavy atom. The molecule has 0 aliphatic carbocycles. The van der Waals surface area contributed by atoms with Crippen molar-refractivity contribution in [3.05, 3.63) is 54.6 Å². The van der Waals surface area contributed by atoms with E-state index in [1.807, 2.05) is 30.3 Å². The summed E-state index contributed by atoms with van der Waals surface area (Å²) in [5.41, 5.74) is 2.48. The Morgan fingerprint density at radius 3 is 2.00 bits per heavy atom. The van der Waals surface area contributed by atoms with Crippen LogP contribution in [0.5, 0.6) is 0 Å². The predicted molar refractivity (Wildman–Crippen MR) is 59.8 cm³/mol. The number of benzene rings is 2. The summed E-state index contributed by atoms with van der Waals surface area (Å²) in [6.07, 6.45) is 0. The van der Waals surface area contributed by atoms with Gasteiger partial charge in [0.05, 0.1) is 0 Å². The standard InChI is InChI=1S/C12H10P/c13-12-9-5-4-8-11(12)10-6-2-1-3-7-10/h1-9,13H/q-1. The normalized spacial score (nSPS) is 9.92. The Balaban J connectivity index is 2.54. The third-order valence-corrected chi connectivity index (χ3v) is 2.45. The lowest BCUT2D eigenvalue weighted by Gasteiger charge is -2.11. The predicted octanol–water partition coefficient (Wildman–Crippen LogP) is 3.12. The fourth-order valence-corrected chi connectivity index (χ4v) is 1.68. The lowest BCUT2D eigenvalue weighted by atomic mass is 10.1. The van der Waals surface area contributed by atoms with Crippen molar-refractivity contribution in [1.82, 2.24) is 0 Å². The first-order chi connectivity index (χ1) is 6.38. The van der Waals surface area contributed by atoms with E-state index in [1.165, 1.54) is 11.1 Å². The molecule has 0 aliphatic rings. The van der Waals surface area contributed by atoms with Crippen molar-refractivity contribution in [3.8, 4) is 11.1 Å². The lowest BCUT2D eigenvalue weighted by Crippen LogP contribution is -1.94. The van der Waals surface area contributed by atoms with Gasteiger partial charge in [-0.15, -0.1) is 0 Å². The van der Waals surface area contributed by atoms with Gasteiger partial charge in [0, 0.05) is 0 Å². The number of hydrogen-bond acceptors (Lipinski definition) is 0. The van der Waals surface area contributed by atoms with Crippen molar-refractivity contribution in [1.29, 1.82) is 0 Å². The highest BCUT2D eigenvalue weighted by Gasteiger charge is 1.93. The Hall–Kier alpha value is -1.13. The van der Waals surface area contributed by atoms with E-state index in [2.05, 4.69) is 33.5 Å². The van der Waals surface area contributed by atoms with Gasteiger partial charge >= 0.3 is 0 Å². The maximum absolute atomic E-state index is 3.58. The Morgan fingerprint density at radius 1 is 0.692 bits per heavy atom. The van der Waals surface area contributed by atoms with Crippen LogP contribution in [0, 0.1) is 0 Å². The summed E-state index contributed by atoms with van der Waals surface area (Å²) in [7, 11) is 3.58. The van der Waals surface area contributed by atoms with Gasteiger partial charge in [-0.05, 0) is 11.1 Å². The number of rotatable bonds is 1. The van der Waals surface area contributed by atoms with E-state index in [0.717, 1.165) is 5.30 Å². The van der Waals surface area contributed by atoms with Gasteiger partial charge < -0.3 is 9.24 Å². The summed E-state index contributed by atoms with van der Waals surface area (Å²) >= 11 is 0. The summed E-state index contributed by atoms with van der Waals surface area (Å²) in [4.78, 5) is 0. The van der Waals surface area contributed by atoms with Gasteiger partial charge in [-0.3, -0.25) is 0 Å². The van der Waals surface area contributed by atoms with E-state index in [0.29, 0.717) is 0 Å². The van der Waals surface area contributed by atoms with Crippen LogP contribution in [0.2, 0.25) is 0 Å². The zero-order valence-corrected chi connectivity index (χ0v) is 8.20. The zero-order valence-electron chi connectivity index (χ0n) is 7.20. The molecule has 2 aromatic carbocycles. The van der Waals surface area contributed by atoms with Crippen molar-refractivity contribution in [3.63, 3.8) is 0 Å². The SMILES string of the molecule is [PH-]c1ccccc1-c1ccccc1. The molecule has 0 unspecified atom stereocenters. The van der Waals surface area contributed by atoms with E-state index in [4.69, 9.17) is 0 Å². The van der Waals surface area contributed by atoms with Gasteiger partial charge in [0.25, 0.3) is 0 Å². The first-order valence-corrected chi connectivity index (χ1v) is 4.74. The molecule has 0 atom stereocenters. The fraction of sp³-hybridized carbons (Fsp3) is 0. The zero-order chi connectivity index (χ0) is 9.10. The molecular weight excluding hydrogens is 175 g/mol. The van der Waals surface area contributed by atoms with Gasteiger partial charge in [-0.1, -0.05) is 54.6 Å². The second-order valence-electron chi connectivity index (χ2n) is 2.91. The molecule has 0 saturated carbocycles. The molecule has 0 radical (unpaired) electrons. The smallest absolute Gasteiger partial charge is 0.0207 e. The average Bonchev–Trinajstić information content (AvgIpc) is 2.20. The molecule has 0 fully saturated rings. The summed E-state index contributed by atoms with van der Waals surface area (Å²) in [6, 6.07) is 18.6. The highest BCUT2D eigenvalue weighted by atomic mass is 31.0. The molecule has 0 nitrogen and oxygen atoms in total. The molecule has 2 aromatic rings. The van der Waals surface area contributed by atoms with Crippen LogP contribution in [0.25, 0.3) is 11.1 Å². The van der Waals surface area contributed by atoms with Crippen LogP contribution in [0.15, 0.2) is 54.6 Å². The first-order valence-electron chi connectivity index (χ1n) is 4.24. The topological polar surface area (TPSA) is 0 Å². The maximum Gasteiger partial charge on any atom is -0.0207 e. The summed E-state index contributed by atoms with van der Waals surface area (Å²) in [5.74, 6) is 0. The molecular formula is C12H10P-. The van der Waals surface area contributed by atoms with Crippen LogP contribution in [0.3, 0.4) is 0 Å². The molecule has 0 saturated heterocycles. The molecule has 0 N–H and O–H groups in total. The van der Waals surface area contributed by atoms with Crippen LogP contribution in [0.1, 0.15) is 0 Å². The molecule has 2 rings (SSSR count). The molecule has 0 spiro atoms. The van der Waals surface area contributed by atoms with E-state index < -0.39 is 0 Å². The lowest BCUT2D eigenvalue weighted by molar-refractivity contribution is 1.65. The molecule has 64 valence electrons. The van der Waals surface area contributed by atoms with Crippen molar-refractivity contribution in [2.45, 2.75) is 0 Å². The van der Waals surface area contributed by atoms with Crippen molar-refractivity contribution in [2.24, 2.45) is 0 Å². The van der Waals surface area contributed by atoms with Crippen molar-refractivity contribution >= 4 is 14.5 Å². The quantitative estimate of drug-likeness (QED) is 0.599. The van der Waals surface area contributed by atoms with Gasteiger partial charge in [0.1, 0.15) is 0 Å². The van der Waals surface area contributed by atoms with Crippen LogP contribution in [-0.4, -0.2) is 0 Å². The van der Waals surface area contributed by atoms with E-state index in [9.17, 15) is 0 Å². The van der Waals surface area contributed by atoms with Crippen molar-refractivity contribution in [2.75, 3.05) is 0 Å². The Labute approximate surface area is 80.8 Å². The van der Waals surface area contributed by atoms with Crippen LogP contribution in [-0.2, 0) is 0 Å². The maximum atomic E-state index is 3.58. The third-order valence-electron chi connectivity index (χ3n) is 2.01. The van der Waals surface area contributed by atoms with Gasteiger partial charge in [-0.2, -0.15) is 5.30 Å². The molecule has 13 heavy (non-hydrogen) atoms. The second-order valence-corrected chi connectivity index (χ2v) is 3.45. The fourth-order valence-electron chi connectivity index (χ4n) is 1.35. The van der Waals surface area contributed by atoms with Crippen LogP contribution >= 0.6 is 9.24 Å². The first kappa shape index (κ1) is 8.47. The summed E-state index contributed by atoms with van der Waals surface area (Å²) < 4.78 is 0. The van der Waals surface area contributed by atoms with Crippen LogP contribution < -0.4 is 5.30 Å². The van der Waals surface area contributed by atoms with E-state index in [-0.39, 0.29) is 0 Å². The average molecular weight is 185 g/mol. The largest absolute Gasteiger partial charge is 0.524 e. The minimum absolute atomic E-state index is 1.13. The van der Waals surface area contributed by atoms with Crippen molar-refractivity contribution < 1.29 is 0 Å². The molecule has 0 heterocycles. The minimum atomic E-state index is 1.13. The molecule has 0 amide bonds. The molecule has 0 aliphatic heterocycles. The summed E-state index contributed by atoms with van der Waals surface area (Å²) in [5, 5.41) is 1.13. The third kappa shape index (κ3) is 1.79. The Bertz CT molecular complexity index is 393. The highest BCUT2D eigenvalue weighted by Crippen LogP contribution is 2.17. The second kappa shape index (κ2) is 3.72. The van der Waals surface area contributed by atoms with E-state index >= 15 is 0 Å². The molecule has 0 bridgehead atoms. The number of hydrogen-bond donors (Lipinski definition) is 0. The Kier molecular flexibility index (Phi) is 2.42. The minimum Gasteiger partial charge on any atom is -0.524 e. The van der Waals surface area contributed by atoms with E-state index in [1.54, 1.807) is 0 Å². The highest BCUT2D eigenvalue weighted by molar-refractivity contribution is 7.28. The monoisotopic (exact) mass is 185 g/mol. The van der Waals surface area contributed by atoms with Gasteiger partial charge in [-0.25, -0.2) is 0 Å². The molecule has 1 heteroatoms. The van der Waals surface area contributed by atoms with Gasteiger partial charge in [0.2, 0.25) is 0 Å². The van der Waals surface area contributed by atoms with Crippen LogP contribution in [0.4, 0.5) is 0 Å². The summed E-state index contributed by atoms with van der Waals surface area (Å²) in [6.45, 7) is 0. The molecule has 0 aromatic heterocycles.